The normalized spacial score (nSPS) is 21.5. The van der Waals surface area contributed by atoms with Gasteiger partial charge in [-0.25, -0.2) is 4.79 Å². The highest BCUT2D eigenvalue weighted by molar-refractivity contribution is 7.08. The number of nitrogens with zero attached hydrogens (tertiary/aromatic N) is 1. The maximum Gasteiger partial charge on any atom is 0.341 e. The van der Waals surface area contributed by atoms with E-state index >= 15 is 0 Å². The van der Waals surface area contributed by atoms with Gasteiger partial charge < -0.3 is 14.4 Å². The predicted octanol–water partition coefficient (Wildman–Crippen LogP) is 4.09. The molecule has 29 heavy (non-hydrogen) atoms. The first-order valence-corrected chi connectivity index (χ1v) is 10.6. The quantitative estimate of drug-likeness (QED) is 0.700. The fourth-order valence-electron chi connectivity index (χ4n) is 5.07. The van der Waals surface area contributed by atoms with Gasteiger partial charge in [-0.2, -0.15) is 11.3 Å². The number of carbonyl (C=O) groups is 1. The van der Waals surface area contributed by atoms with Gasteiger partial charge >= 0.3 is 5.97 Å². The van der Waals surface area contributed by atoms with Gasteiger partial charge in [0.2, 0.25) is 0 Å². The number of thiophene rings is 1. The van der Waals surface area contributed by atoms with Crippen LogP contribution in [0.1, 0.15) is 39.6 Å². The second-order valence-corrected chi connectivity index (χ2v) is 8.49. The number of allylic oxidation sites excluding steroid dienone is 1. The van der Waals surface area contributed by atoms with E-state index in [1.807, 2.05) is 4.57 Å². The minimum absolute atomic E-state index is 0.0122. The molecule has 144 valence electrons. The van der Waals surface area contributed by atoms with Crippen molar-refractivity contribution in [1.29, 1.82) is 0 Å². The van der Waals surface area contributed by atoms with Crippen molar-refractivity contribution < 1.29 is 14.6 Å². The number of rotatable bonds is 2. The number of carboxylic acid groups (broad SMARTS) is 1. The van der Waals surface area contributed by atoms with Crippen LogP contribution >= 0.6 is 11.3 Å². The third-order valence-corrected chi connectivity index (χ3v) is 6.98. The molecule has 0 saturated carbocycles. The van der Waals surface area contributed by atoms with Gasteiger partial charge in [-0.15, -0.1) is 0 Å². The summed E-state index contributed by atoms with van der Waals surface area (Å²) in [5.74, 6) is -1.19. The smallest absolute Gasteiger partial charge is 0.341 e. The molecule has 2 aromatic heterocycles. The number of aromatic carboxylic acids is 1. The number of hydrogen-bond acceptors (Lipinski definition) is 4. The van der Waals surface area contributed by atoms with Crippen LogP contribution in [0.2, 0.25) is 0 Å². The second kappa shape index (κ2) is 6.02. The summed E-state index contributed by atoms with van der Waals surface area (Å²) in [5.41, 5.74) is 7.32. The number of pyridine rings is 1. The lowest BCUT2D eigenvalue weighted by Crippen LogP contribution is -2.31. The Hall–Kier alpha value is -2.96. The number of benzene rings is 1. The zero-order valence-electron chi connectivity index (χ0n) is 15.4. The lowest BCUT2D eigenvalue weighted by atomic mass is 9.89. The Labute approximate surface area is 170 Å². The summed E-state index contributed by atoms with van der Waals surface area (Å²) in [5, 5.41) is 13.7. The molecule has 1 fully saturated rings. The van der Waals surface area contributed by atoms with Gasteiger partial charge in [-0.05, 0) is 56.6 Å². The number of hydrogen-bond donors (Lipinski definition) is 1. The van der Waals surface area contributed by atoms with Crippen LogP contribution in [0.4, 0.5) is 0 Å². The van der Waals surface area contributed by atoms with Crippen molar-refractivity contribution in [2.75, 3.05) is 6.61 Å². The van der Waals surface area contributed by atoms with E-state index in [0.29, 0.717) is 6.61 Å². The molecular formula is C23H17NO4S. The van der Waals surface area contributed by atoms with Crippen molar-refractivity contribution in [2.24, 2.45) is 0 Å². The third kappa shape index (κ3) is 2.30. The van der Waals surface area contributed by atoms with Crippen molar-refractivity contribution in [1.82, 2.24) is 4.57 Å². The standard InChI is InChI=1S/C23H17NO4S/c25-20-9-19-16-8-15-13(12-5-7-29-11-12)2-1-3-14(15)21(16)22-18(4-6-28-22)24(19)10-17(20)23(26)27/h1-3,5,7,9-11,18,22H,4,6,8H2,(H,26,27)/t18-,22+/m1/s1. The Balaban J connectivity index is 1.60. The van der Waals surface area contributed by atoms with Crippen LogP contribution < -0.4 is 5.43 Å². The molecule has 2 atom stereocenters. The average molecular weight is 403 g/mol. The lowest BCUT2D eigenvalue weighted by Gasteiger charge is -2.32. The Morgan fingerprint density at radius 3 is 2.90 bits per heavy atom. The number of carboxylic acids is 1. The molecule has 0 bridgehead atoms. The largest absolute Gasteiger partial charge is 0.477 e. The molecule has 1 aliphatic carbocycles. The fourth-order valence-corrected chi connectivity index (χ4v) is 5.73. The van der Waals surface area contributed by atoms with Crippen LogP contribution in [0.5, 0.6) is 0 Å². The Morgan fingerprint density at radius 2 is 2.10 bits per heavy atom. The van der Waals surface area contributed by atoms with Gasteiger partial charge in [0.1, 0.15) is 11.7 Å². The van der Waals surface area contributed by atoms with Crippen molar-refractivity contribution in [3.05, 3.63) is 79.9 Å². The van der Waals surface area contributed by atoms with Crippen LogP contribution in [0.15, 0.2) is 52.1 Å². The van der Waals surface area contributed by atoms with Crippen molar-refractivity contribution >= 4 is 28.5 Å². The molecule has 3 aliphatic rings. The van der Waals surface area contributed by atoms with Gasteiger partial charge in [0, 0.05) is 31.0 Å². The molecule has 1 saturated heterocycles. The highest BCUT2D eigenvalue weighted by atomic mass is 32.1. The summed E-state index contributed by atoms with van der Waals surface area (Å²) in [6.45, 7) is 0.625. The van der Waals surface area contributed by atoms with Gasteiger partial charge in [0.05, 0.1) is 6.04 Å². The SMILES string of the molecule is O=C(O)c1cn2c(cc1=O)C1=C(c3cccc(-c4ccsc4)c3C1)[C@H]1OCC[C@H]12. The second-order valence-electron chi connectivity index (χ2n) is 7.71. The van der Waals surface area contributed by atoms with E-state index in [-0.39, 0.29) is 17.7 Å². The number of fused-ring (bicyclic) bond motifs is 7. The zero-order valence-corrected chi connectivity index (χ0v) is 16.2. The van der Waals surface area contributed by atoms with E-state index < -0.39 is 11.4 Å². The van der Waals surface area contributed by atoms with E-state index in [2.05, 4.69) is 35.0 Å². The van der Waals surface area contributed by atoms with Crippen molar-refractivity contribution in [2.45, 2.75) is 25.0 Å². The van der Waals surface area contributed by atoms with E-state index in [9.17, 15) is 14.7 Å². The minimum atomic E-state index is -1.19. The Bertz CT molecular complexity index is 1270. The first-order valence-electron chi connectivity index (χ1n) is 9.63. The first-order chi connectivity index (χ1) is 14.1. The summed E-state index contributed by atoms with van der Waals surface area (Å²) < 4.78 is 8.11. The molecule has 0 amide bonds. The van der Waals surface area contributed by atoms with Gasteiger partial charge in [-0.1, -0.05) is 18.2 Å². The molecular weight excluding hydrogens is 386 g/mol. The number of ether oxygens (including phenoxy) is 1. The summed E-state index contributed by atoms with van der Waals surface area (Å²) in [4.78, 5) is 24.0. The monoisotopic (exact) mass is 403 g/mol. The van der Waals surface area contributed by atoms with Gasteiger partial charge in [0.15, 0.2) is 5.43 Å². The highest BCUT2D eigenvalue weighted by Gasteiger charge is 2.43. The zero-order chi connectivity index (χ0) is 19.7. The molecule has 2 aliphatic heterocycles. The Morgan fingerprint density at radius 1 is 1.24 bits per heavy atom. The van der Waals surface area contributed by atoms with E-state index in [1.165, 1.54) is 40.1 Å². The molecule has 6 heteroatoms. The molecule has 4 heterocycles. The number of aromatic nitrogens is 1. The Kier molecular flexibility index (Phi) is 3.52. The molecule has 0 spiro atoms. The van der Waals surface area contributed by atoms with Crippen molar-refractivity contribution in [3.8, 4) is 11.1 Å². The van der Waals surface area contributed by atoms with Crippen molar-refractivity contribution in [3.63, 3.8) is 0 Å². The molecule has 0 radical (unpaired) electrons. The van der Waals surface area contributed by atoms with Gasteiger partial charge in [0.25, 0.3) is 0 Å². The summed E-state index contributed by atoms with van der Waals surface area (Å²) in [6.07, 6.45) is 2.92. The first kappa shape index (κ1) is 16.9. The predicted molar refractivity (Wildman–Crippen MR) is 111 cm³/mol. The van der Waals surface area contributed by atoms with E-state index in [4.69, 9.17) is 4.74 Å². The van der Waals surface area contributed by atoms with Crippen LogP contribution in [-0.2, 0) is 11.2 Å². The van der Waals surface area contributed by atoms with E-state index in [0.717, 1.165) is 24.1 Å². The summed E-state index contributed by atoms with van der Waals surface area (Å²) in [7, 11) is 0. The maximum absolute atomic E-state index is 12.5. The molecule has 3 aromatic rings. The summed E-state index contributed by atoms with van der Waals surface area (Å²) in [6, 6.07) is 10.0. The molecule has 5 nitrogen and oxygen atoms in total. The molecule has 0 unspecified atom stereocenters. The topological polar surface area (TPSA) is 68.5 Å². The van der Waals surface area contributed by atoms with Crippen LogP contribution in [0.25, 0.3) is 22.3 Å². The third-order valence-electron chi connectivity index (χ3n) is 6.30. The van der Waals surface area contributed by atoms with Crippen LogP contribution in [0, 0.1) is 0 Å². The molecule has 1 N–H and O–H groups in total. The van der Waals surface area contributed by atoms with E-state index in [1.54, 1.807) is 11.3 Å². The lowest BCUT2D eigenvalue weighted by molar-refractivity contribution is 0.0693. The minimum Gasteiger partial charge on any atom is -0.477 e. The molecule has 6 rings (SSSR count). The van der Waals surface area contributed by atoms with Crippen LogP contribution in [0.3, 0.4) is 0 Å². The maximum atomic E-state index is 12.5. The average Bonchev–Trinajstić information content (AvgIpc) is 3.45. The summed E-state index contributed by atoms with van der Waals surface area (Å²) >= 11 is 1.68. The van der Waals surface area contributed by atoms with Gasteiger partial charge in [-0.3, -0.25) is 4.79 Å². The van der Waals surface area contributed by atoms with Crippen LogP contribution in [-0.4, -0.2) is 28.4 Å². The fraction of sp³-hybridized carbons (Fsp3) is 0.217. The molecule has 1 aromatic carbocycles. The highest BCUT2D eigenvalue weighted by Crippen LogP contribution is 2.51.